The van der Waals surface area contributed by atoms with E-state index in [9.17, 15) is 0 Å². The maximum absolute atomic E-state index is 8.74. The quantitative estimate of drug-likeness (QED) is 0.366. The van der Waals surface area contributed by atoms with Gasteiger partial charge in [-0.3, -0.25) is 9.11 Å². The van der Waals surface area contributed by atoms with Crippen molar-refractivity contribution in [2.45, 2.75) is 0 Å². The lowest BCUT2D eigenvalue weighted by molar-refractivity contribution is 0.137. The summed E-state index contributed by atoms with van der Waals surface area (Å²) in [6.07, 6.45) is -1.83. The molecular formula is CH6BrIO7S. The molecule has 0 rings (SSSR count). The van der Waals surface area contributed by atoms with Crippen molar-refractivity contribution in [1.29, 1.82) is 0 Å². The van der Waals surface area contributed by atoms with Gasteiger partial charge in [0.2, 0.25) is 0 Å². The number of carboxylic acid groups (broad SMARTS) is 2. The molecule has 0 unspecified atom stereocenters. The average Bonchev–Trinajstić information content (AvgIpc) is 1.19. The van der Waals surface area contributed by atoms with Crippen LogP contribution in [0.3, 0.4) is 0 Å². The fourth-order valence-electron chi connectivity index (χ4n) is 0. The van der Waals surface area contributed by atoms with E-state index in [1.54, 1.807) is 0 Å². The van der Waals surface area contributed by atoms with Gasteiger partial charge in [0.05, 0.1) is 0 Å². The molecule has 0 amide bonds. The lowest BCUT2D eigenvalue weighted by Crippen LogP contribution is -1.89. The van der Waals surface area contributed by atoms with Crippen LogP contribution < -0.4 is 0 Å². The molecule has 0 radical (unpaired) electrons. The predicted octanol–water partition coefficient (Wildman–Crippen LogP) is 0.766. The largest absolute Gasteiger partial charge is 0.503 e. The molecule has 0 aliphatic heterocycles. The van der Waals surface area contributed by atoms with Gasteiger partial charge in [-0.1, -0.05) is 0 Å². The third kappa shape index (κ3) is 5890. The number of rotatable bonds is 0. The van der Waals surface area contributed by atoms with Gasteiger partial charge >= 0.3 is 16.6 Å². The zero-order chi connectivity index (χ0) is 8.08. The van der Waals surface area contributed by atoms with Crippen molar-refractivity contribution in [3.8, 4) is 0 Å². The number of carbonyl (C=O) groups is 1. The Kier molecular flexibility index (Phi) is 21.2. The van der Waals surface area contributed by atoms with Gasteiger partial charge in [0.15, 0.2) is 0 Å². The molecule has 72 valence electrons. The number of halogens is 2. The van der Waals surface area contributed by atoms with Crippen molar-refractivity contribution < 1.29 is 32.5 Å². The van der Waals surface area contributed by atoms with Gasteiger partial charge in [-0.25, -0.2) is 4.79 Å². The highest BCUT2D eigenvalue weighted by atomic mass is 127. The topological polar surface area (TPSA) is 132 Å². The lowest BCUT2D eigenvalue weighted by atomic mass is 11.5. The van der Waals surface area contributed by atoms with Gasteiger partial charge < -0.3 is 10.2 Å². The summed E-state index contributed by atoms with van der Waals surface area (Å²) in [6.45, 7) is 0. The van der Waals surface area contributed by atoms with Gasteiger partial charge in [-0.05, 0) is 0 Å². The van der Waals surface area contributed by atoms with Crippen molar-refractivity contribution in [2.75, 3.05) is 0 Å². The molecule has 7 nitrogen and oxygen atoms in total. The van der Waals surface area contributed by atoms with Crippen LogP contribution in [0.2, 0.25) is 0 Å². The molecule has 11 heavy (non-hydrogen) atoms. The highest BCUT2D eigenvalue weighted by Crippen LogP contribution is 1.59. The first-order valence-corrected chi connectivity index (χ1v) is 2.75. The first-order chi connectivity index (χ1) is 3.73. The smallest absolute Gasteiger partial charge is 0.450 e. The second kappa shape index (κ2) is 10.3. The Balaban J connectivity index is -0.0000000383. The summed E-state index contributed by atoms with van der Waals surface area (Å²) in [5.74, 6) is 0. The average molecular weight is 369 g/mol. The Morgan fingerprint density at radius 2 is 1.09 bits per heavy atom. The molecule has 0 aromatic rings. The van der Waals surface area contributed by atoms with Crippen LogP contribution >= 0.6 is 41.0 Å². The van der Waals surface area contributed by atoms with Gasteiger partial charge in [0, 0.05) is 0 Å². The van der Waals surface area contributed by atoms with Crippen molar-refractivity contribution in [1.82, 2.24) is 0 Å². The van der Waals surface area contributed by atoms with E-state index >= 15 is 0 Å². The highest BCUT2D eigenvalue weighted by molar-refractivity contribution is 14.0. The number of hydrogen-bond acceptors (Lipinski definition) is 3. The van der Waals surface area contributed by atoms with Crippen molar-refractivity contribution in [2.24, 2.45) is 0 Å². The van der Waals surface area contributed by atoms with Crippen molar-refractivity contribution in [3.63, 3.8) is 0 Å². The van der Waals surface area contributed by atoms with Crippen LogP contribution in [-0.4, -0.2) is 33.9 Å². The fourth-order valence-corrected chi connectivity index (χ4v) is 0. The molecule has 0 aromatic heterocycles. The zero-order valence-corrected chi connectivity index (χ0v) is 9.60. The molecule has 0 saturated carbocycles. The summed E-state index contributed by atoms with van der Waals surface area (Å²) in [5, 5.41) is 13.9. The molecule has 0 aromatic carbocycles. The lowest BCUT2D eigenvalue weighted by Gasteiger charge is -1.68. The third-order valence-corrected chi connectivity index (χ3v) is 0. The summed E-state index contributed by atoms with van der Waals surface area (Å²) in [5.41, 5.74) is 0. The normalized spacial score (nSPS) is 7.45. The first-order valence-electron chi connectivity index (χ1n) is 1.35. The Morgan fingerprint density at radius 1 is 1.09 bits per heavy atom. The number of hydrogen-bond donors (Lipinski definition) is 4. The second-order valence-corrected chi connectivity index (χ2v) is 1.63. The van der Waals surface area contributed by atoms with Crippen molar-refractivity contribution >= 4 is 57.5 Å². The fraction of sp³-hybridized carbons (Fsp3) is 0. The highest BCUT2D eigenvalue weighted by Gasteiger charge is 1.84. The van der Waals surface area contributed by atoms with Crippen LogP contribution in [0.5, 0.6) is 0 Å². The Bertz CT molecular complexity index is 161. The maximum atomic E-state index is 8.74. The summed E-state index contributed by atoms with van der Waals surface area (Å²) in [6, 6.07) is 0. The molecule has 0 heterocycles. The van der Waals surface area contributed by atoms with Crippen molar-refractivity contribution in [3.05, 3.63) is 0 Å². The molecule has 0 aliphatic rings. The van der Waals surface area contributed by atoms with E-state index in [1.165, 1.54) is 0 Å². The van der Waals surface area contributed by atoms with E-state index in [0.717, 1.165) is 0 Å². The minimum atomic E-state index is -4.67. The minimum Gasteiger partial charge on any atom is -0.450 e. The van der Waals surface area contributed by atoms with Gasteiger partial charge in [0.1, 0.15) is 0 Å². The second-order valence-electron chi connectivity index (χ2n) is 0.730. The van der Waals surface area contributed by atoms with E-state index in [2.05, 4.69) is 0 Å². The molecule has 0 atom stereocenters. The Labute approximate surface area is 89.8 Å². The van der Waals surface area contributed by atoms with Gasteiger partial charge in [-0.15, -0.1) is 41.0 Å². The molecule has 0 aliphatic carbocycles. The van der Waals surface area contributed by atoms with E-state index in [1.807, 2.05) is 0 Å². The van der Waals surface area contributed by atoms with Gasteiger partial charge in [-0.2, -0.15) is 8.42 Å². The van der Waals surface area contributed by atoms with E-state index in [0.29, 0.717) is 0 Å². The van der Waals surface area contributed by atoms with Crippen LogP contribution in [0.15, 0.2) is 0 Å². The van der Waals surface area contributed by atoms with Crippen LogP contribution in [0.4, 0.5) is 4.79 Å². The summed E-state index contributed by atoms with van der Waals surface area (Å²) >= 11 is 0. The van der Waals surface area contributed by atoms with E-state index in [4.69, 9.17) is 32.5 Å². The van der Waals surface area contributed by atoms with Crippen LogP contribution in [0, 0.1) is 0 Å². The SMILES string of the molecule is Br.I.O=C(O)O.O=S(=O)(O)O. The predicted molar refractivity (Wildman–Crippen MR) is 50.6 cm³/mol. The molecule has 0 saturated heterocycles. The van der Waals surface area contributed by atoms with Crippen LogP contribution in [0.25, 0.3) is 0 Å². The summed E-state index contributed by atoms with van der Waals surface area (Å²) in [4.78, 5) is 8.56. The third-order valence-electron chi connectivity index (χ3n) is 0. The monoisotopic (exact) mass is 368 g/mol. The standard InChI is InChI=1S/CH2O3.BrH.HI.H2O4S/c2-1(3)4;;;1-5(2,3)4/h(H2,2,3,4);2*1H;(H2,1,2,3,4). The zero-order valence-electron chi connectivity index (χ0n) is 4.74. The van der Waals surface area contributed by atoms with E-state index < -0.39 is 16.6 Å². The molecule has 4 N–H and O–H groups in total. The van der Waals surface area contributed by atoms with Gasteiger partial charge in [0.25, 0.3) is 0 Å². The van der Waals surface area contributed by atoms with E-state index in [-0.39, 0.29) is 41.0 Å². The summed E-state index contributed by atoms with van der Waals surface area (Å²) in [7, 11) is -4.67. The maximum Gasteiger partial charge on any atom is 0.503 e. The van der Waals surface area contributed by atoms with Crippen LogP contribution in [0.1, 0.15) is 0 Å². The Morgan fingerprint density at radius 3 is 1.09 bits per heavy atom. The first kappa shape index (κ1) is 22.5. The Hall–Kier alpha value is 0.350. The molecule has 10 heteroatoms. The summed E-state index contributed by atoms with van der Waals surface area (Å²) < 4.78 is 31.6. The molecule has 0 fully saturated rings. The molecule has 0 spiro atoms. The van der Waals surface area contributed by atoms with Crippen LogP contribution in [-0.2, 0) is 10.4 Å². The molecule has 0 bridgehead atoms. The minimum absolute atomic E-state index is 0. The molecular weight excluding hydrogens is 363 g/mol.